The first-order valence-corrected chi connectivity index (χ1v) is 15.2. The number of nitrogens with zero attached hydrogens (tertiary/aromatic N) is 1. The second kappa shape index (κ2) is 10.3. The Hall–Kier alpha value is -1.96. The third-order valence-electron chi connectivity index (χ3n) is 7.30. The van der Waals surface area contributed by atoms with Crippen LogP contribution in [0.25, 0.3) is 0 Å². The summed E-state index contributed by atoms with van der Waals surface area (Å²) < 4.78 is 27.5. The molecule has 1 aromatic carbocycles. The van der Waals surface area contributed by atoms with Crippen LogP contribution < -0.4 is 9.64 Å². The summed E-state index contributed by atoms with van der Waals surface area (Å²) in [6, 6.07) is 5.61. The number of fused-ring (bicyclic) bond motifs is 2. The van der Waals surface area contributed by atoms with Gasteiger partial charge >= 0.3 is 0 Å². The molecule has 1 amide bonds. The fourth-order valence-corrected chi connectivity index (χ4v) is 8.21. The Morgan fingerprint density at radius 1 is 1.29 bits per heavy atom. The van der Waals surface area contributed by atoms with Gasteiger partial charge < -0.3 is 23.6 Å². The average molecular weight is 490 g/mol. The molecule has 0 saturated carbocycles. The van der Waals surface area contributed by atoms with Gasteiger partial charge in [0.2, 0.25) is 8.41 Å². The van der Waals surface area contributed by atoms with E-state index in [0.717, 1.165) is 24.1 Å². The van der Waals surface area contributed by atoms with Gasteiger partial charge in [0.15, 0.2) is 5.60 Å². The van der Waals surface area contributed by atoms with Gasteiger partial charge in [-0.05, 0) is 71.3 Å². The highest BCUT2D eigenvalue weighted by Gasteiger charge is 2.66. The second-order valence-electron chi connectivity index (χ2n) is 10.5. The van der Waals surface area contributed by atoms with Gasteiger partial charge in [-0.25, -0.2) is 0 Å². The molecule has 5 nitrogen and oxygen atoms in total. The fraction of sp³-hybridized carbons (Fsp3) is 0.593. The van der Waals surface area contributed by atoms with Crippen LogP contribution in [-0.4, -0.2) is 45.8 Å². The summed E-state index contributed by atoms with van der Waals surface area (Å²) in [6.07, 6.45) is 6.02. The number of halogens is 1. The second-order valence-corrected chi connectivity index (χ2v) is 14.2. The summed E-state index contributed by atoms with van der Waals surface area (Å²) >= 11 is 0. The lowest BCUT2D eigenvalue weighted by Crippen LogP contribution is -2.45. The molecule has 2 aliphatic rings. The standard InChI is InChI=1S/C27H40FNO4Si/c1-18(2)9-8-10-19(3)13-15-29-23-12-11-21(32-5)17-22(23)27(26(29)31)20(4)25(34(6,7)28)24(33-27)14-16-30/h9,11-13,17,20,24-25,30H,8,10,14-16H2,1-7H3/b19-13+/t20-,24+,25-,27+/m0/s1. The molecule has 1 N–H and O–H groups in total. The third kappa shape index (κ3) is 4.88. The number of anilines is 1. The highest BCUT2D eigenvalue weighted by Crippen LogP contribution is 2.60. The number of allylic oxidation sites excluding steroid dienone is 3. The number of aliphatic hydroxyl groups excluding tert-OH is 1. The number of amides is 1. The van der Waals surface area contributed by atoms with E-state index in [2.05, 4.69) is 32.9 Å². The molecule has 1 fully saturated rings. The van der Waals surface area contributed by atoms with E-state index in [9.17, 15) is 9.90 Å². The first-order valence-electron chi connectivity index (χ1n) is 12.2. The minimum Gasteiger partial charge on any atom is -0.497 e. The van der Waals surface area contributed by atoms with Gasteiger partial charge in [-0.15, -0.1) is 0 Å². The van der Waals surface area contributed by atoms with Crippen LogP contribution in [0.4, 0.5) is 9.80 Å². The molecule has 34 heavy (non-hydrogen) atoms. The van der Waals surface area contributed by atoms with Crippen molar-refractivity contribution in [2.45, 2.75) is 77.3 Å². The maximum absolute atomic E-state index is 15.5. The maximum atomic E-state index is 15.5. The Labute approximate surface area is 204 Å². The van der Waals surface area contributed by atoms with Crippen molar-refractivity contribution >= 4 is 20.0 Å². The number of rotatable bonds is 9. The van der Waals surface area contributed by atoms with E-state index in [4.69, 9.17) is 9.47 Å². The van der Waals surface area contributed by atoms with Crippen molar-refractivity contribution in [1.82, 2.24) is 0 Å². The Balaban J connectivity index is 2.02. The zero-order valence-corrected chi connectivity index (χ0v) is 22.7. The number of carbonyl (C=O) groups excluding carboxylic acids is 1. The maximum Gasteiger partial charge on any atom is 0.264 e. The normalized spacial score (nSPS) is 26.9. The third-order valence-corrected chi connectivity index (χ3v) is 9.75. The Morgan fingerprint density at radius 2 is 2.00 bits per heavy atom. The molecule has 2 aliphatic heterocycles. The van der Waals surface area contributed by atoms with E-state index in [1.165, 1.54) is 11.1 Å². The number of benzene rings is 1. The predicted molar refractivity (Wildman–Crippen MR) is 138 cm³/mol. The Bertz CT molecular complexity index is 966. The van der Waals surface area contributed by atoms with Crippen LogP contribution in [-0.2, 0) is 15.1 Å². The zero-order valence-electron chi connectivity index (χ0n) is 21.7. The van der Waals surface area contributed by atoms with Crippen molar-refractivity contribution in [2.75, 3.05) is 25.2 Å². The molecule has 0 aliphatic carbocycles. The summed E-state index contributed by atoms with van der Waals surface area (Å²) in [5, 5.41) is 9.66. The number of aliphatic hydroxyl groups is 1. The molecule has 4 atom stereocenters. The highest BCUT2D eigenvalue weighted by molar-refractivity contribution is 6.72. The van der Waals surface area contributed by atoms with Crippen molar-refractivity contribution in [3.05, 3.63) is 47.1 Å². The zero-order chi connectivity index (χ0) is 25.3. The van der Waals surface area contributed by atoms with Crippen molar-refractivity contribution in [3.8, 4) is 5.75 Å². The minimum absolute atomic E-state index is 0.106. The van der Waals surface area contributed by atoms with Crippen LogP contribution in [0.3, 0.4) is 0 Å². The number of methoxy groups -OCH3 is 1. The molecule has 0 bridgehead atoms. The quantitative estimate of drug-likeness (QED) is 0.267. The first-order chi connectivity index (χ1) is 16.0. The molecular formula is C27H40FNO4Si. The largest absolute Gasteiger partial charge is 0.497 e. The van der Waals surface area contributed by atoms with Crippen LogP contribution in [0.5, 0.6) is 5.75 Å². The van der Waals surface area contributed by atoms with E-state index in [0.29, 0.717) is 18.7 Å². The van der Waals surface area contributed by atoms with Gasteiger partial charge in [0, 0.05) is 30.2 Å². The lowest BCUT2D eigenvalue weighted by Gasteiger charge is -2.31. The van der Waals surface area contributed by atoms with E-state index in [1.54, 1.807) is 25.1 Å². The molecule has 1 aromatic rings. The number of hydrogen-bond donors (Lipinski definition) is 1. The number of hydrogen-bond acceptors (Lipinski definition) is 4. The van der Waals surface area contributed by atoms with Gasteiger partial charge in [0.25, 0.3) is 5.91 Å². The van der Waals surface area contributed by atoms with E-state index >= 15 is 4.11 Å². The molecule has 7 heteroatoms. The summed E-state index contributed by atoms with van der Waals surface area (Å²) in [6.45, 7) is 11.9. The highest BCUT2D eigenvalue weighted by atomic mass is 28.4. The number of ether oxygens (including phenoxy) is 2. The summed E-state index contributed by atoms with van der Waals surface area (Å²) in [7, 11) is -1.60. The van der Waals surface area contributed by atoms with Gasteiger partial charge in [-0.3, -0.25) is 4.79 Å². The monoisotopic (exact) mass is 489 g/mol. The minimum atomic E-state index is -3.19. The van der Waals surface area contributed by atoms with Crippen molar-refractivity contribution in [1.29, 1.82) is 0 Å². The van der Waals surface area contributed by atoms with Crippen molar-refractivity contribution in [3.63, 3.8) is 0 Å². The lowest BCUT2D eigenvalue weighted by atomic mass is 9.82. The molecular weight excluding hydrogens is 449 g/mol. The van der Waals surface area contributed by atoms with Crippen LogP contribution in [0.2, 0.25) is 18.6 Å². The average Bonchev–Trinajstić information content (AvgIpc) is 3.18. The molecule has 0 unspecified atom stereocenters. The van der Waals surface area contributed by atoms with Gasteiger partial charge in [-0.2, -0.15) is 0 Å². The molecule has 2 heterocycles. The first kappa shape index (κ1) is 26.6. The molecule has 3 rings (SSSR count). The molecule has 0 radical (unpaired) electrons. The van der Waals surface area contributed by atoms with Gasteiger partial charge in [0.1, 0.15) is 5.75 Å². The van der Waals surface area contributed by atoms with Crippen LogP contribution in [0, 0.1) is 5.92 Å². The summed E-state index contributed by atoms with van der Waals surface area (Å²) in [4.78, 5) is 15.9. The molecule has 0 aromatic heterocycles. The lowest BCUT2D eigenvalue weighted by molar-refractivity contribution is -0.146. The van der Waals surface area contributed by atoms with E-state index in [-0.39, 0.29) is 18.4 Å². The van der Waals surface area contributed by atoms with Crippen LogP contribution in [0.15, 0.2) is 41.5 Å². The fourth-order valence-electron chi connectivity index (χ4n) is 5.67. The van der Waals surface area contributed by atoms with Gasteiger partial charge in [-0.1, -0.05) is 30.2 Å². The summed E-state index contributed by atoms with van der Waals surface area (Å²) in [5.74, 6) is 0.123. The van der Waals surface area contributed by atoms with Crippen LogP contribution >= 0.6 is 0 Å². The smallest absolute Gasteiger partial charge is 0.264 e. The molecule has 1 saturated heterocycles. The van der Waals surface area contributed by atoms with E-state index < -0.39 is 25.7 Å². The Morgan fingerprint density at radius 3 is 2.59 bits per heavy atom. The predicted octanol–water partition coefficient (Wildman–Crippen LogP) is 5.89. The van der Waals surface area contributed by atoms with E-state index in [1.807, 2.05) is 25.1 Å². The molecule has 188 valence electrons. The Kier molecular flexibility index (Phi) is 8.10. The topological polar surface area (TPSA) is 59.0 Å². The van der Waals surface area contributed by atoms with Crippen molar-refractivity contribution in [2.24, 2.45) is 5.92 Å². The van der Waals surface area contributed by atoms with Crippen molar-refractivity contribution < 1.29 is 23.5 Å². The SMILES string of the molecule is COc1ccc2c(c1)[C@@]1(O[C@H](CCO)[C@@H]([Si](C)(C)F)[C@@H]1C)C(=O)N2C/C=C(\C)CCC=C(C)C. The summed E-state index contributed by atoms with van der Waals surface area (Å²) in [5.41, 5.74) is 2.37. The number of carbonyl (C=O) groups is 1. The van der Waals surface area contributed by atoms with Crippen LogP contribution in [0.1, 0.15) is 52.5 Å². The van der Waals surface area contributed by atoms with Gasteiger partial charge in [0.05, 0.1) is 18.9 Å². The molecule has 1 spiro atoms.